The van der Waals surface area contributed by atoms with Gasteiger partial charge in [0.15, 0.2) is 5.82 Å². The molecular formula is C14H23N3O2. The van der Waals surface area contributed by atoms with Gasteiger partial charge in [0, 0.05) is 12.5 Å². The van der Waals surface area contributed by atoms with Gasteiger partial charge in [-0.2, -0.15) is 4.98 Å². The van der Waals surface area contributed by atoms with Gasteiger partial charge in [0.1, 0.15) is 0 Å². The van der Waals surface area contributed by atoms with Crippen LogP contribution in [0.15, 0.2) is 4.52 Å². The van der Waals surface area contributed by atoms with Crippen LogP contribution in [0.5, 0.6) is 0 Å². The van der Waals surface area contributed by atoms with Crippen molar-refractivity contribution in [2.24, 2.45) is 11.7 Å². The van der Waals surface area contributed by atoms with Crippen LogP contribution in [0.1, 0.15) is 63.1 Å². The molecule has 2 aliphatic rings. The van der Waals surface area contributed by atoms with Crippen LogP contribution < -0.4 is 5.73 Å². The second kappa shape index (κ2) is 5.21. The lowest BCUT2D eigenvalue weighted by atomic mass is 9.78. The molecule has 5 nitrogen and oxygen atoms in total. The molecule has 106 valence electrons. The number of hydrogen-bond donors (Lipinski definition) is 1. The molecule has 2 heterocycles. The molecule has 1 aromatic heterocycles. The summed E-state index contributed by atoms with van der Waals surface area (Å²) >= 11 is 0. The molecule has 1 aromatic rings. The summed E-state index contributed by atoms with van der Waals surface area (Å²) in [6.45, 7) is 3.83. The number of rotatable bonds is 2. The second-order valence-electron chi connectivity index (χ2n) is 6.21. The Bertz CT molecular complexity index is 418. The van der Waals surface area contributed by atoms with Crippen molar-refractivity contribution in [3.05, 3.63) is 11.7 Å². The summed E-state index contributed by atoms with van der Waals surface area (Å²) in [5.41, 5.74) is 6.05. The lowest BCUT2D eigenvalue weighted by Gasteiger charge is -2.32. The Morgan fingerprint density at radius 2 is 2.05 bits per heavy atom. The van der Waals surface area contributed by atoms with E-state index in [-0.39, 0.29) is 5.92 Å². The smallest absolute Gasteiger partial charge is 0.246 e. The topological polar surface area (TPSA) is 74.2 Å². The molecule has 2 N–H and O–H groups in total. The van der Waals surface area contributed by atoms with Gasteiger partial charge in [0.05, 0.1) is 12.1 Å². The highest BCUT2D eigenvalue weighted by molar-refractivity contribution is 5.06. The summed E-state index contributed by atoms with van der Waals surface area (Å²) in [5.74, 6) is 2.43. The SMILES string of the molecule is CC1CCC(N)(c2nc(C3CCCOC3)no2)CC1. The molecule has 1 unspecified atom stereocenters. The molecular weight excluding hydrogens is 242 g/mol. The van der Waals surface area contributed by atoms with E-state index in [1.54, 1.807) is 0 Å². The molecule has 1 saturated heterocycles. The Morgan fingerprint density at radius 1 is 1.26 bits per heavy atom. The van der Waals surface area contributed by atoms with Crippen molar-refractivity contribution in [1.82, 2.24) is 10.1 Å². The van der Waals surface area contributed by atoms with Crippen molar-refractivity contribution in [2.45, 2.75) is 56.9 Å². The van der Waals surface area contributed by atoms with E-state index in [0.717, 1.165) is 56.9 Å². The fraction of sp³-hybridized carbons (Fsp3) is 0.857. The molecule has 5 heteroatoms. The van der Waals surface area contributed by atoms with E-state index < -0.39 is 5.54 Å². The molecule has 1 aliphatic heterocycles. The maximum Gasteiger partial charge on any atom is 0.246 e. The van der Waals surface area contributed by atoms with Crippen molar-refractivity contribution in [3.8, 4) is 0 Å². The summed E-state index contributed by atoms with van der Waals surface area (Å²) in [4.78, 5) is 4.57. The summed E-state index contributed by atoms with van der Waals surface area (Å²) in [7, 11) is 0. The van der Waals surface area contributed by atoms with Gasteiger partial charge in [-0.15, -0.1) is 0 Å². The van der Waals surface area contributed by atoms with Gasteiger partial charge in [0.25, 0.3) is 0 Å². The van der Waals surface area contributed by atoms with E-state index in [2.05, 4.69) is 17.1 Å². The van der Waals surface area contributed by atoms with Gasteiger partial charge < -0.3 is 15.0 Å². The number of hydrogen-bond acceptors (Lipinski definition) is 5. The molecule has 0 aromatic carbocycles. The quantitative estimate of drug-likeness (QED) is 0.888. The molecule has 0 amide bonds. The minimum absolute atomic E-state index is 0.275. The number of ether oxygens (including phenoxy) is 1. The van der Waals surface area contributed by atoms with Crippen LogP contribution in [-0.4, -0.2) is 23.4 Å². The van der Waals surface area contributed by atoms with Crippen LogP contribution in [-0.2, 0) is 10.3 Å². The zero-order valence-electron chi connectivity index (χ0n) is 11.6. The van der Waals surface area contributed by atoms with Crippen molar-refractivity contribution in [1.29, 1.82) is 0 Å². The Hall–Kier alpha value is -0.940. The Labute approximate surface area is 113 Å². The predicted molar refractivity (Wildman–Crippen MR) is 70.6 cm³/mol. The van der Waals surface area contributed by atoms with E-state index in [1.165, 1.54) is 0 Å². The van der Waals surface area contributed by atoms with E-state index in [0.29, 0.717) is 12.5 Å². The van der Waals surface area contributed by atoms with Crippen molar-refractivity contribution < 1.29 is 9.26 Å². The first-order chi connectivity index (χ1) is 9.17. The second-order valence-corrected chi connectivity index (χ2v) is 6.21. The third-order valence-corrected chi connectivity index (χ3v) is 4.56. The lowest BCUT2D eigenvalue weighted by molar-refractivity contribution is 0.0773. The molecule has 2 fully saturated rings. The first-order valence-corrected chi connectivity index (χ1v) is 7.38. The summed E-state index contributed by atoms with van der Waals surface area (Å²) < 4.78 is 10.9. The van der Waals surface area contributed by atoms with Gasteiger partial charge in [-0.3, -0.25) is 0 Å². The monoisotopic (exact) mass is 265 g/mol. The van der Waals surface area contributed by atoms with Crippen molar-refractivity contribution >= 4 is 0 Å². The Kier molecular flexibility index (Phi) is 3.58. The van der Waals surface area contributed by atoms with Crippen LogP contribution in [0, 0.1) is 5.92 Å². The van der Waals surface area contributed by atoms with E-state index in [1.807, 2.05) is 0 Å². The van der Waals surface area contributed by atoms with Crippen LogP contribution in [0.4, 0.5) is 0 Å². The molecule has 1 saturated carbocycles. The minimum Gasteiger partial charge on any atom is -0.381 e. The number of nitrogens with two attached hydrogens (primary N) is 1. The third kappa shape index (κ3) is 2.67. The van der Waals surface area contributed by atoms with Crippen LogP contribution in [0.25, 0.3) is 0 Å². The standard InChI is InChI=1S/C14H23N3O2/c1-10-4-6-14(15,7-5-10)13-16-12(17-19-13)11-3-2-8-18-9-11/h10-11H,2-9,15H2,1H3. The molecule has 1 aliphatic carbocycles. The highest BCUT2D eigenvalue weighted by Gasteiger charge is 2.37. The van der Waals surface area contributed by atoms with Crippen molar-refractivity contribution in [2.75, 3.05) is 13.2 Å². The zero-order chi connectivity index (χ0) is 13.3. The number of nitrogens with zero attached hydrogens (tertiary/aromatic N) is 2. The largest absolute Gasteiger partial charge is 0.381 e. The molecule has 19 heavy (non-hydrogen) atoms. The summed E-state index contributed by atoms with van der Waals surface area (Å²) in [6, 6.07) is 0. The summed E-state index contributed by atoms with van der Waals surface area (Å²) in [6.07, 6.45) is 6.31. The maximum atomic E-state index is 6.46. The molecule has 0 radical (unpaired) electrons. The first-order valence-electron chi connectivity index (χ1n) is 7.38. The number of aromatic nitrogens is 2. The average Bonchev–Trinajstić information content (AvgIpc) is 2.94. The fourth-order valence-corrected chi connectivity index (χ4v) is 3.04. The van der Waals surface area contributed by atoms with E-state index in [9.17, 15) is 0 Å². The normalized spacial score (nSPS) is 36.3. The first kappa shape index (κ1) is 13.1. The van der Waals surface area contributed by atoms with Gasteiger partial charge in [-0.05, 0) is 44.4 Å². The molecule has 1 atom stereocenters. The van der Waals surface area contributed by atoms with Gasteiger partial charge in [-0.25, -0.2) is 0 Å². The predicted octanol–water partition coefficient (Wildman–Crippen LogP) is 2.33. The van der Waals surface area contributed by atoms with E-state index >= 15 is 0 Å². The molecule has 0 spiro atoms. The van der Waals surface area contributed by atoms with Crippen LogP contribution in [0.3, 0.4) is 0 Å². The van der Waals surface area contributed by atoms with Gasteiger partial charge in [-0.1, -0.05) is 12.1 Å². The average molecular weight is 265 g/mol. The van der Waals surface area contributed by atoms with Gasteiger partial charge >= 0.3 is 0 Å². The van der Waals surface area contributed by atoms with Gasteiger partial charge in [0.2, 0.25) is 5.89 Å². The molecule has 3 rings (SSSR count). The fourth-order valence-electron chi connectivity index (χ4n) is 3.04. The Balaban J connectivity index is 1.73. The third-order valence-electron chi connectivity index (χ3n) is 4.56. The minimum atomic E-state index is -0.409. The highest BCUT2D eigenvalue weighted by Crippen LogP contribution is 2.37. The lowest BCUT2D eigenvalue weighted by Crippen LogP contribution is -2.40. The maximum absolute atomic E-state index is 6.46. The zero-order valence-corrected chi connectivity index (χ0v) is 11.6. The van der Waals surface area contributed by atoms with Crippen LogP contribution in [0.2, 0.25) is 0 Å². The Morgan fingerprint density at radius 3 is 2.74 bits per heavy atom. The summed E-state index contributed by atoms with van der Waals surface area (Å²) in [5, 5.41) is 4.13. The van der Waals surface area contributed by atoms with Crippen LogP contribution >= 0.6 is 0 Å². The van der Waals surface area contributed by atoms with Crippen molar-refractivity contribution in [3.63, 3.8) is 0 Å². The van der Waals surface area contributed by atoms with E-state index in [4.69, 9.17) is 15.0 Å². The highest BCUT2D eigenvalue weighted by atomic mass is 16.5. The molecule has 0 bridgehead atoms.